The molecule has 130 valence electrons. The Morgan fingerprint density at radius 1 is 1.29 bits per heavy atom. The number of carbonyl (C=O) groups excluding carboxylic acids is 2. The summed E-state index contributed by atoms with van der Waals surface area (Å²) in [5.41, 5.74) is 0. The van der Waals surface area contributed by atoms with Gasteiger partial charge in [-0.1, -0.05) is 18.2 Å². The van der Waals surface area contributed by atoms with Crippen LogP contribution in [0.4, 0.5) is 0 Å². The molecule has 1 saturated heterocycles. The number of carboxylic acids is 1. The standard InChI is InChI=1S/C15H18N2O6S/c18-13-7-6-11(16-13)14(19)17-12(15(20)21)8-9-24(22,23)10-4-2-1-3-5-10/h1-5,11-12H,6-9H2,(H,16,18)(H,17,19)(H,20,21)/t11-,12-/m0/s1. The van der Waals surface area contributed by atoms with E-state index in [-0.39, 0.29) is 23.6 Å². The second-order valence-corrected chi connectivity index (χ2v) is 7.59. The molecule has 1 aliphatic heterocycles. The Morgan fingerprint density at radius 3 is 2.50 bits per heavy atom. The molecule has 24 heavy (non-hydrogen) atoms. The zero-order valence-electron chi connectivity index (χ0n) is 12.8. The molecule has 0 spiro atoms. The van der Waals surface area contributed by atoms with Crippen molar-refractivity contribution in [2.24, 2.45) is 0 Å². The normalized spacial score (nSPS) is 18.7. The minimum atomic E-state index is -3.64. The number of hydrogen-bond donors (Lipinski definition) is 3. The minimum Gasteiger partial charge on any atom is -0.480 e. The fourth-order valence-electron chi connectivity index (χ4n) is 2.36. The lowest BCUT2D eigenvalue weighted by Gasteiger charge is -2.17. The van der Waals surface area contributed by atoms with E-state index >= 15 is 0 Å². The topological polar surface area (TPSA) is 130 Å². The Kier molecular flexibility index (Phi) is 5.55. The largest absolute Gasteiger partial charge is 0.480 e. The van der Waals surface area contributed by atoms with Gasteiger partial charge in [-0.2, -0.15) is 0 Å². The highest BCUT2D eigenvalue weighted by molar-refractivity contribution is 7.91. The number of benzene rings is 1. The van der Waals surface area contributed by atoms with Crippen LogP contribution in [0.25, 0.3) is 0 Å². The van der Waals surface area contributed by atoms with Crippen molar-refractivity contribution >= 4 is 27.6 Å². The van der Waals surface area contributed by atoms with Crippen LogP contribution in [0.1, 0.15) is 19.3 Å². The van der Waals surface area contributed by atoms with E-state index in [4.69, 9.17) is 0 Å². The van der Waals surface area contributed by atoms with E-state index in [1.165, 1.54) is 12.1 Å². The van der Waals surface area contributed by atoms with Gasteiger partial charge in [-0.05, 0) is 25.0 Å². The van der Waals surface area contributed by atoms with Crippen molar-refractivity contribution < 1.29 is 27.9 Å². The third kappa shape index (κ3) is 4.54. The Bertz CT molecular complexity index is 732. The molecular formula is C15H18N2O6S. The smallest absolute Gasteiger partial charge is 0.326 e. The van der Waals surface area contributed by atoms with Crippen LogP contribution in [0, 0.1) is 0 Å². The summed E-state index contributed by atoms with van der Waals surface area (Å²) < 4.78 is 24.4. The lowest BCUT2D eigenvalue weighted by molar-refractivity contribution is -0.142. The number of carboxylic acid groups (broad SMARTS) is 1. The van der Waals surface area contributed by atoms with Crippen LogP contribution >= 0.6 is 0 Å². The molecule has 0 bridgehead atoms. The maximum Gasteiger partial charge on any atom is 0.326 e. The molecule has 1 heterocycles. The summed E-state index contributed by atoms with van der Waals surface area (Å²) in [6, 6.07) is 5.57. The molecule has 9 heteroatoms. The van der Waals surface area contributed by atoms with E-state index in [0.717, 1.165) is 0 Å². The van der Waals surface area contributed by atoms with Crippen molar-refractivity contribution in [1.29, 1.82) is 0 Å². The summed E-state index contributed by atoms with van der Waals surface area (Å²) in [6.45, 7) is 0. The van der Waals surface area contributed by atoms with E-state index in [1.807, 2.05) is 0 Å². The molecule has 3 N–H and O–H groups in total. The van der Waals surface area contributed by atoms with Crippen molar-refractivity contribution in [3.63, 3.8) is 0 Å². The lowest BCUT2D eigenvalue weighted by Crippen LogP contribution is -2.49. The average molecular weight is 354 g/mol. The molecule has 1 aliphatic rings. The summed E-state index contributed by atoms with van der Waals surface area (Å²) >= 11 is 0. The molecular weight excluding hydrogens is 336 g/mol. The zero-order chi connectivity index (χ0) is 17.7. The average Bonchev–Trinajstić information content (AvgIpc) is 2.98. The summed E-state index contributed by atoms with van der Waals surface area (Å²) in [6.07, 6.45) is 0.233. The van der Waals surface area contributed by atoms with Gasteiger partial charge in [0.1, 0.15) is 12.1 Å². The van der Waals surface area contributed by atoms with Crippen molar-refractivity contribution in [2.45, 2.75) is 36.2 Å². The second kappa shape index (κ2) is 7.43. The van der Waals surface area contributed by atoms with E-state index < -0.39 is 39.6 Å². The van der Waals surface area contributed by atoms with E-state index in [2.05, 4.69) is 10.6 Å². The zero-order valence-corrected chi connectivity index (χ0v) is 13.6. The molecule has 1 aromatic rings. The third-order valence-corrected chi connectivity index (χ3v) is 5.47. The van der Waals surface area contributed by atoms with Crippen molar-refractivity contribution in [1.82, 2.24) is 10.6 Å². The third-order valence-electron chi connectivity index (χ3n) is 3.70. The van der Waals surface area contributed by atoms with Crippen LogP contribution in [0.15, 0.2) is 35.2 Å². The van der Waals surface area contributed by atoms with Gasteiger partial charge < -0.3 is 15.7 Å². The second-order valence-electron chi connectivity index (χ2n) is 5.48. The van der Waals surface area contributed by atoms with Gasteiger partial charge in [-0.3, -0.25) is 9.59 Å². The maximum absolute atomic E-state index is 12.2. The fourth-order valence-corrected chi connectivity index (χ4v) is 3.71. The number of amides is 2. The molecule has 1 fully saturated rings. The number of carbonyl (C=O) groups is 3. The van der Waals surface area contributed by atoms with Crippen molar-refractivity contribution in [3.8, 4) is 0 Å². The number of aliphatic carboxylic acids is 1. The Balaban J connectivity index is 1.98. The molecule has 0 aliphatic carbocycles. The Hall–Kier alpha value is -2.42. The molecule has 2 rings (SSSR count). The molecule has 2 amide bonds. The van der Waals surface area contributed by atoms with Crippen LogP contribution in [-0.4, -0.2) is 49.1 Å². The fraction of sp³-hybridized carbons (Fsp3) is 0.400. The van der Waals surface area contributed by atoms with Gasteiger partial charge in [0.15, 0.2) is 9.84 Å². The molecule has 2 atom stereocenters. The first-order chi connectivity index (χ1) is 11.3. The maximum atomic E-state index is 12.2. The number of nitrogens with one attached hydrogen (secondary N) is 2. The first-order valence-corrected chi connectivity index (χ1v) is 9.05. The van der Waals surface area contributed by atoms with Gasteiger partial charge in [0, 0.05) is 6.42 Å². The summed E-state index contributed by atoms with van der Waals surface area (Å²) in [4.78, 5) is 34.4. The van der Waals surface area contributed by atoms with Crippen molar-refractivity contribution in [2.75, 3.05) is 5.75 Å². The quantitative estimate of drug-likeness (QED) is 0.616. The van der Waals surface area contributed by atoms with Crippen LogP contribution in [0.5, 0.6) is 0 Å². The highest BCUT2D eigenvalue weighted by atomic mass is 32.2. The number of sulfone groups is 1. The van der Waals surface area contributed by atoms with Gasteiger partial charge in [0.05, 0.1) is 10.6 Å². The van der Waals surface area contributed by atoms with Crippen LogP contribution < -0.4 is 10.6 Å². The predicted octanol–water partition coefficient (Wildman–Crippen LogP) is -0.302. The van der Waals surface area contributed by atoms with Gasteiger partial charge in [-0.15, -0.1) is 0 Å². The van der Waals surface area contributed by atoms with Crippen LogP contribution in [0.2, 0.25) is 0 Å². The van der Waals surface area contributed by atoms with Crippen LogP contribution in [0.3, 0.4) is 0 Å². The van der Waals surface area contributed by atoms with Gasteiger partial charge in [-0.25, -0.2) is 13.2 Å². The Morgan fingerprint density at radius 2 is 1.96 bits per heavy atom. The molecule has 0 aromatic heterocycles. The first kappa shape index (κ1) is 17.9. The molecule has 8 nitrogen and oxygen atoms in total. The number of hydrogen-bond acceptors (Lipinski definition) is 5. The first-order valence-electron chi connectivity index (χ1n) is 7.40. The minimum absolute atomic E-state index is 0.100. The summed E-state index contributed by atoms with van der Waals surface area (Å²) in [5, 5.41) is 13.9. The van der Waals surface area contributed by atoms with E-state index in [9.17, 15) is 27.9 Å². The summed E-state index contributed by atoms with van der Waals surface area (Å²) in [5.74, 6) is -2.62. The highest BCUT2D eigenvalue weighted by Crippen LogP contribution is 2.13. The molecule has 0 unspecified atom stereocenters. The SMILES string of the molecule is O=C1CC[C@@H](C(=O)N[C@@H](CCS(=O)(=O)c2ccccc2)C(=O)O)N1. The Labute approximate surface area is 139 Å². The van der Waals surface area contributed by atoms with E-state index in [1.54, 1.807) is 18.2 Å². The predicted molar refractivity (Wildman–Crippen MR) is 83.8 cm³/mol. The van der Waals surface area contributed by atoms with Crippen LogP contribution in [-0.2, 0) is 24.2 Å². The van der Waals surface area contributed by atoms with Crippen molar-refractivity contribution in [3.05, 3.63) is 30.3 Å². The van der Waals surface area contributed by atoms with Gasteiger partial charge in [0.25, 0.3) is 0 Å². The monoisotopic (exact) mass is 354 g/mol. The van der Waals surface area contributed by atoms with E-state index in [0.29, 0.717) is 6.42 Å². The molecule has 1 aromatic carbocycles. The van der Waals surface area contributed by atoms with Gasteiger partial charge >= 0.3 is 5.97 Å². The summed E-state index contributed by atoms with van der Waals surface area (Å²) in [7, 11) is -3.64. The molecule has 0 saturated carbocycles. The lowest BCUT2D eigenvalue weighted by atomic mass is 10.1. The number of rotatable bonds is 7. The molecule has 0 radical (unpaired) electrons. The van der Waals surface area contributed by atoms with Gasteiger partial charge in [0.2, 0.25) is 11.8 Å². The highest BCUT2D eigenvalue weighted by Gasteiger charge is 2.31.